The summed E-state index contributed by atoms with van der Waals surface area (Å²) in [5, 5.41) is 13.3. The number of ether oxygens (including phenoxy) is 5. The molecular formula is C45H48N4O10S. The molecule has 1 aliphatic heterocycles. The number of nitrogens with one attached hydrogen (secondary N) is 1. The third-order valence-corrected chi connectivity index (χ3v) is 11.2. The maximum Gasteiger partial charge on any atom is 0.303 e. The van der Waals surface area contributed by atoms with Gasteiger partial charge in [-0.25, -0.2) is 0 Å². The topological polar surface area (TPSA) is 171 Å². The first-order valence-electron chi connectivity index (χ1n) is 19.1. The molecule has 15 heteroatoms. The van der Waals surface area contributed by atoms with Gasteiger partial charge in [-0.3, -0.25) is 24.0 Å². The number of thioether (sulfide) groups is 1. The van der Waals surface area contributed by atoms with Crippen LogP contribution in [0.25, 0.3) is 0 Å². The maximum absolute atomic E-state index is 15.4. The van der Waals surface area contributed by atoms with Gasteiger partial charge in [0.2, 0.25) is 5.91 Å². The number of anilines is 1. The number of amides is 1. The van der Waals surface area contributed by atoms with Crippen LogP contribution >= 0.6 is 11.8 Å². The van der Waals surface area contributed by atoms with Crippen LogP contribution in [-0.4, -0.2) is 73.8 Å². The molecule has 0 saturated heterocycles. The lowest BCUT2D eigenvalue weighted by Crippen LogP contribution is -2.50. The average molecular weight is 837 g/mol. The minimum absolute atomic E-state index is 0.237. The highest BCUT2D eigenvalue weighted by atomic mass is 32.2. The largest absolute Gasteiger partial charge is 0.497 e. The number of hydrogen-bond acceptors (Lipinski definition) is 14. The standard InChI is InChI=1S/C45H48N4O10S/c1-29(50)56-28-40(58-31(3)52)42(59-32(4)53)39(57-30(2)51)26-38-41(48-47-36-22-24-37(55-6)25-23-36)43(49(5)27-33-16-10-7-11-17-33)60-45(38,34-18-12-8-13-19-34)44(54)46-35-20-14-9-15-21-35/h7-25,38-40,42H,26-28H2,1-6H3,(H,46,54)/t38-,39+,40+,42-,45+/m0/s1. The summed E-state index contributed by atoms with van der Waals surface area (Å²) in [6.07, 6.45) is -4.59. The summed E-state index contributed by atoms with van der Waals surface area (Å²) in [6, 6.07) is 34.8. The molecule has 14 nitrogen and oxygen atoms in total. The maximum atomic E-state index is 15.4. The number of azo groups is 1. The van der Waals surface area contributed by atoms with Gasteiger partial charge in [-0.1, -0.05) is 90.6 Å². The van der Waals surface area contributed by atoms with Crippen LogP contribution < -0.4 is 10.1 Å². The van der Waals surface area contributed by atoms with E-state index in [4.69, 9.17) is 28.8 Å². The zero-order chi connectivity index (χ0) is 43.2. The van der Waals surface area contributed by atoms with Crippen molar-refractivity contribution in [3.8, 4) is 5.75 Å². The molecule has 1 heterocycles. The van der Waals surface area contributed by atoms with Gasteiger partial charge >= 0.3 is 23.9 Å². The van der Waals surface area contributed by atoms with Gasteiger partial charge in [0.15, 0.2) is 12.2 Å². The van der Waals surface area contributed by atoms with E-state index in [1.807, 2.05) is 78.7 Å². The van der Waals surface area contributed by atoms with Crippen molar-refractivity contribution >= 4 is 52.9 Å². The van der Waals surface area contributed by atoms with Gasteiger partial charge in [0.25, 0.3) is 0 Å². The molecule has 1 amide bonds. The molecule has 5 rings (SSSR count). The van der Waals surface area contributed by atoms with E-state index in [2.05, 4.69) is 10.4 Å². The summed E-state index contributed by atoms with van der Waals surface area (Å²) in [7, 11) is 3.44. The van der Waals surface area contributed by atoms with Gasteiger partial charge in [0.05, 0.1) is 23.5 Å². The molecule has 0 aromatic heterocycles. The van der Waals surface area contributed by atoms with E-state index in [0.717, 1.165) is 19.4 Å². The molecule has 0 unspecified atom stereocenters. The normalized spacial score (nSPS) is 17.5. The van der Waals surface area contributed by atoms with E-state index < -0.39 is 65.4 Å². The van der Waals surface area contributed by atoms with E-state index in [1.165, 1.54) is 25.6 Å². The predicted octanol–water partition coefficient (Wildman–Crippen LogP) is 7.73. The fraction of sp³-hybridized carbons (Fsp3) is 0.311. The Labute approximate surface area is 353 Å². The van der Waals surface area contributed by atoms with Crippen LogP contribution in [0.3, 0.4) is 0 Å². The van der Waals surface area contributed by atoms with Gasteiger partial charge in [-0.2, -0.15) is 10.2 Å². The van der Waals surface area contributed by atoms with Crippen molar-refractivity contribution in [1.29, 1.82) is 0 Å². The van der Waals surface area contributed by atoms with Crippen LogP contribution in [0, 0.1) is 5.92 Å². The highest BCUT2D eigenvalue weighted by Crippen LogP contribution is 2.60. The number of esters is 4. The number of carbonyl (C=O) groups is 5. The number of benzene rings is 4. The zero-order valence-electron chi connectivity index (χ0n) is 34.2. The number of allylic oxidation sites excluding steroid dienone is 1. The second kappa shape index (κ2) is 21.0. The van der Waals surface area contributed by atoms with Crippen molar-refractivity contribution in [2.24, 2.45) is 16.1 Å². The van der Waals surface area contributed by atoms with Crippen LogP contribution in [0.15, 0.2) is 136 Å². The molecule has 4 aromatic carbocycles. The van der Waals surface area contributed by atoms with Gasteiger partial charge < -0.3 is 33.9 Å². The molecule has 60 heavy (non-hydrogen) atoms. The van der Waals surface area contributed by atoms with E-state index in [1.54, 1.807) is 55.6 Å². The first-order valence-corrected chi connectivity index (χ1v) is 19.9. The Hall–Kier alpha value is -6.48. The van der Waals surface area contributed by atoms with Crippen LogP contribution in [0.4, 0.5) is 11.4 Å². The first kappa shape index (κ1) is 44.6. The highest BCUT2D eigenvalue weighted by Gasteiger charge is 2.58. The number of para-hydroxylation sites is 1. The molecule has 4 aromatic rings. The molecule has 0 bridgehead atoms. The van der Waals surface area contributed by atoms with Crippen molar-refractivity contribution in [1.82, 2.24) is 4.90 Å². The Morgan fingerprint density at radius 1 is 0.717 bits per heavy atom. The SMILES string of the molecule is COc1ccc(N=NC2=C(N(C)Cc3ccccc3)S[C@](C(=O)Nc3ccccc3)(c3ccccc3)[C@H]2C[C@@H](OC(C)=O)[C@H](OC(C)=O)[C@@H](COC(C)=O)OC(C)=O)cc1. The molecule has 1 aliphatic rings. The lowest BCUT2D eigenvalue weighted by Gasteiger charge is -2.38. The Morgan fingerprint density at radius 2 is 1.28 bits per heavy atom. The number of methoxy groups -OCH3 is 1. The van der Waals surface area contributed by atoms with E-state index in [0.29, 0.717) is 40.0 Å². The van der Waals surface area contributed by atoms with Crippen LogP contribution in [0.5, 0.6) is 5.75 Å². The van der Waals surface area contributed by atoms with E-state index in [-0.39, 0.29) is 6.42 Å². The van der Waals surface area contributed by atoms with Gasteiger partial charge in [0, 0.05) is 52.9 Å². The van der Waals surface area contributed by atoms with Crippen LogP contribution in [0.1, 0.15) is 45.2 Å². The second-order valence-corrected chi connectivity index (χ2v) is 15.1. The fourth-order valence-electron chi connectivity index (χ4n) is 6.88. The molecule has 0 spiro atoms. The molecular weight excluding hydrogens is 789 g/mol. The summed E-state index contributed by atoms with van der Waals surface area (Å²) >= 11 is 1.26. The molecule has 0 saturated carbocycles. The quantitative estimate of drug-likeness (QED) is 0.0589. The average Bonchev–Trinajstić information content (AvgIpc) is 3.56. The van der Waals surface area contributed by atoms with E-state index >= 15 is 4.79 Å². The molecule has 1 N–H and O–H groups in total. The summed E-state index contributed by atoms with van der Waals surface area (Å²) in [4.78, 5) is 67.7. The lowest BCUT2D eigenvalue weighted by atomic mass is 9.78. The van der Waals surface area contributed by atoms with Crippen LogP contribution in [-0.2, 0) is 54.2 Å². The van der Waals surface area contributed by atoms with Crippen molar-refractivity contribution in [2.75, 3.05) is 26.1 Å². The van der Waals surface area contributed by atoms with E-state index in [9.17, 15) is 19.2 Å². The summed E-state index contributed by atoms with van der Waals surface area (Å²) in [5.74, 6) is -3.85. The van der Waals surface area contributed by atoms with Gasteiger partial charge in [-0.05, 0) is 53.9 Å². The highest BCUT2D eigenvalue weighted by molar-refractivity contribution is 8.04. The summed E-state index contributed by atoms with van der Waals surface area (Å²) in [6.45, 7) is 4.51. The van der Waals surface area contributed by atoms with Gasteiger partial charge in [-0.15, -0.1) is 0 Å². The van der Waals surface area contributed by atoms with Crippen molar-refractivity contribution in [3.05, 3.63) is 137 Å². The Bertz CT molecular complexity index is 2170. The third-order valence-electron chi connectivity index (χ3n) is 9.41. The zero-order valence-corrected chi connectivity index (χ0v) is 35.0. The summed E-state index contributed by atoms with van der Waals surface area (Å²) < 4.78 is 26.4. The Balaban J connectivity index is 1.79. The Morgan fingerprint density at radius 3 is 1.85 bits per heavy atom. The third kappa shape index (κ3) is 11.6. The Kier molecular flexibility index (Phi) is 15.6. The van der Waals surface area contributed by atoms with Crippen molar-refractivity contribution < 1.29 is 47.7 Å². The monoisotopic (exact) mass is 836 g/mol. The second-order valence-electron chi connectivity index (χ2n) is 13.9. The predicted molar refractivity (Wildman–Crippen MR) is 225 cm³/mol. The molecule has 5 atom stereocenters. The first-order chi connectivity index (χ1) is 28.8. The number of hydrogen-bond donors (Lipinski definition) is 1. The van der Waals surface area contributed by atoms with Crippen LogP contribution in [0.2, 0.25) is 0 Å². The van der Waals surface area contributed by atoms with Crippen molar-refractivity contribution in [3.63, 3.8) is 0 Å². The minimum atomic E-state index is -1.56. The molecule has 0 fully saturated rings. The number of carbonyl (C=O) groups excluding carboxylic acids is 5. The molecule has 314 valence electrons. The number of nitrogens with zero attached hydrogens (tertiary/aromatic N) is 3. The lowest BCUT2D eigenvalue weighted by molar-refractivity contribution is -0.190. The molecule has 0 aliphatic carbocycles. The fourth-order valence-corrected chi connectivity index (χ4v) is 8.44. The van der Waals surface area contributed by atoms with Crippen molar-refractivity contribution in [2.45, 2.75) is 63.7 Å². The smallest absolute Gasteiger partial charge is 0.303 e. The summed E-state index contributed by atoms with van der Waals surface area (Å²) in [5.41, 5.74) is 2.91. The molecule has 0 radical (unpaired) electrons. The number of rotatable bonds is 18. The minimum Gasteiger partial charge on any atom is -0.497 e. The van der Waals surface area contributed by atoms with Gasteiger partial charge in [0.1, 0.15) is 23.2 Å².